The molecule has 2 heterocycles. The molecule has 28 heavy (non-hydrogen) atoms. The summed E-state index contributed by atoms with van der Waals surface area (Å²) in [6, 6.07) is 9.65. The molecule has 0 atom stereocenters. The van der Waals surface area contributed by atoms with E-state index < -0.39 is 5.97 Å². The summed E-state index contributed by atoms with van der Waals surface area (Å²) in [4.78, 5) is 26.8. The molecule has 3 rings (SSSR count). The summed E-state index contributed by atoms with van der Waals surface area (Å²) in [5.41, 5.74) is 1.86. The van der Waals surface area contributed by atoms with E-state index in [0.717, 1.165) is 15.3 Å². The fourth-order valence-electron chi connectivity index (χ4n) is 2.65. The van der Waals surface area contributed by atoms with Gasteiger partial charge >= 0.3 is 5.97 Å². The summed E-state index contributed by atoms with van der Waals surface area (Å²) in [5.74, 6) is -1.18. The van der Waals surface area contributed by atoms with Gasteiger partial charge in [-0.3, -0.25) is 4.79 Å². The van der Waals surface area contributed by atoms with E-state index in [1.165, 1.54) is 40.9 Å². The van der Waals surface area contributed by atoms with E-state index in [-0.39, 0.29) is 18.3 Å². The minimum Gasteiger partial charge on any atom is -0.462 e. The minimum absolute atomic E-state index is 0.246. The highest BCUT2D eigenvalue weighted by Crippen LogP contribution is 2.42. The zero-order chi connectivity index (χ0) is 20.1. The van der Waals surface area contributed by atoms with Gasteiger partial charge in [0.05, 0.1) is 6.61 Å². The van der Waals surface area contributed by atoms with Crippen LogP contribution in [0.2, 0.25) is 0 Å². The third-order valence-corrected chi connectivity index (χ3v) is 5.77. The number of amides is 1. The van der Waals surface area contributed by atoms with E-state index in [2.05, 4.69) is 5.32 Å². The topological polar surface area (TPSA) is 55.4 Å². The quantitative estimate of drug-likeness (QED) is 0.412. The van der Waals surface area contributed by atoms with Crippen LogP contribution in [-0.2, 0) is 9.53 Å². The Labute approximate surface area is 170 Å². The number of carbonyl (C=O) groups excluding carboxylic acids is 2. The summed E-state index contributed by atoms with van der Waals surface area (Å²) >= 11 is 2.86. The average Bonchev–Trinajstić information content (AvgIpc) is 3.29. The molecule has 0 radical (unpaired) electrons. The van der Waals surface area contributed by atoms with Crippen molar-refractivity contribution in [3.63, 3.8) is 0 Å². The summed E-state index contributed by atoms with van der Waals surface area (Å²) in [5, 5.41) is 5.16. The van der Waals surface area contributed by atoms with Gasteiger partial charge in [0.1, 0.15) is 16.4 Å². The molecule has 0 bridgehead atoms. The van der Waals surface area contributed by atoms with Crippen LogP contribution in [0.15, 0.2) is 47.9 Å². The first-order chi connectivity index (χ1) is 13.5. The number of esters is 1. The molecule has 0 aliphatic rings. The molecule has 3 aromatic rings. The molecule has 0 aliphatic carbocycles. The Kier molecular flexibility index (Phi) is 6.38. The first-order valence-electron chi connectivity index (χ1n) is 8.58. The van der Waals surface area contributed by atoms with Gasteiger partial charge in [-0.25, -0.2) is 9.18 Å². The normalized spacial score (nSPS) is 11.0. The number of hydrogen-bond donors (Lipinski definition) is 1. The van der Waals surface area contributed by atoms with E-state index in [1.807, 2.05) is 24.4 Å². The monoisotopic (exact) mass is 415 g/mol. The number of thiophene rings is 2. The first-order valence-corrected chi connectivity index (χ1v) is 10.3. The Morgan fingerprint density at radius 2 is 1.96 bits per heavy atom. The van der Waals surface area contributed by atoms with Crippen LogP contribution in [-0.4, -0.2) is 18.5 Å². The number of nitrogens with one attached hydrogen (secondary N) is 1. The molecule has 2 aromatic heterocycles. The van der Waals surface area contributed by atoms with E-state index >= 15 is 0 Å². The number of benzene rings is 1. The van der Waals surface area contributed by atoms with Crippen molar-refractivity contribution in [2.45, 2.75) is 13.8 Å². The molecule has 4 nitrogen and oxygen atoms in total. The summed E-state index contributed by atoms with van der Waals surface area (Å²) in [7, 11) is 0. The zero-order valence-electron chi connectivity index (χ0n) is 15.3. The molecule has 0 saturated carbocycles. The van der Waals surface area contributed by atoms with Gasteiger partial charge in [-0.1, -0.05) is 18.2 Å². The van der Waals surface area contributed by atoms with E-state index in [1.54, 1.807) is 25.1 Å². The van der Waals surface area contributed by atoms with Crippen LogP contribution in [0.25, 0.3) is 16.5 Å². The van der Waals surface area contributed by atoms with Gasteiger partial charge < -0.3 is 10.1 Å². The number of aryl methyl sites for hydroxylation is 1. The maximum Gasteiger partial charge on any atom is 0.341 e. The van der Waals surface area contributed by atoms with Crippen molar-refractivity contribution in [3.05, 3.63) is 69.7 Å². The lowest BCUT2D eigenvalue weighted by Gasteiger charge is -2.07. The molecule has 144 valence electrons. The lowest BCUT2D eigenvalue weighted by Crippen LogP contribution is -2.12. The lowest BCUT2D eigenvalue weighted by atomic mass is 10.1. The second kappa shape index (κ2) is 8.95. The van der Waals surface area contributed by atoms with E-state index in [4.69, 9.17) is 4.74 Å². The van der Waals surface area contributed by atoms with Gasteiger partial charge in [0.15, 0.2) is 0 Å². The van der Waals surface area contributed by atoms with E-state index in [9.17, 15) is 14.0 Å². The Hall–Kier alpha value is -2.77. The molecule has 1 N–H and O–H groups in total. The van der Waals surface area contributed by atoms with Crippen molar-refractivity contribution in [1.29, 1.82) is 0 Å². The fourth-order valence-corrected chi connectivity index (χ4v) is 4.61. The van der Waals surface area contributed by atoms with Gasteiger partial charge in [-0.15, -0.1) is 22.7 Å². The fraction of sp³-hybridized carbons (Fsp3) is 0.143. The zero-order valence-corrected chi connectivity index (χ0v) is 17.0. The summed E-state index contributed by atoms with van der Waals surface area (Å²) in [6.07, 6.45) is 2.93. The van der Waals surface area contributed by atoms with Gasteiger partial charge in [-0.2, -0.15) is 0 Å². The number of ether oxygens (including phenoxy) is 1. The minimum atomic E-state index is -0.465. The number of rotatable bonds is 6. The number of anilines is 1. The van der Waals surface area contributed by atoms with Crippen LogP contribution in [0, 0.1) is 12.7 Å². The maximum atomic E-state index is 13.0. The highest BCUT2D eigenvalue weighted by Gasteiger charge is 2.25. The Morgan fingerprint density at radius 3 is 2.61 bits per heavy atom. The standard InChI is InChI=1S/C21H18FNO3S2/c1-3-26-21(25)19-18(16-5-4-12-27-16)13(2)28-20(19)23-17(24)11-8-14-6-9-15(22)10-7-14/h4-12H,3H2,1-2H3,(H,23,24)/b11-8+. The molecule has 0 spiro atoms. The van der Waals surface area contributed by atoms with Gasteiger partial charge in [0.2, 0.25) is 5.91 Å². The van der Waals surface area contributed by atoms with Crippen LogP contribution in [0.5, 0.6) is 0 Å². The third-order valence-electron chi connectivity index (χ3n) is 3.87. The molecular weight excluding hydrogens is 397 g/mol. The van der Waals surface area contributed by atoms with Crippen molar-refractivity contribution in [2.75, 3.05) is 11.9 Å². The highest BCUT2D eigenvalue weighted by molar-refractivity contribution is 7.18. The van der Waals surface area contributed by atoms with Crippen molar-refractivity contribution in [2.24, 2.45) is 0 Å². The largest absolute Gasteiger partial charge is 0.462 e. The Balaban J connectivity index is 1.88. The van der Waals surface area contributed by atoms with E-state index in [0.29, 0.717) is 16.1 Å². The molecule has 0 saturated heterocycles. The van der Waals surface area contributed by atoms with Gasteiger partial charge in [0, 0.05) is 21.4 Å². The predicted molar refractivity (Wildman–Crippen MR) is 112 cm³/mol. The maximum absolute atomic E-state index is 13.0. The Bertz CT molecular complexity index is 1010. The van der Waals surface area contributed by atoms with Crippen LogP contribution in [0.3, 0.4) is 0 Å². The first kappa shape index (κ1) is 20.0. The number of halogens is 1. The third kappa shape index (κ3) is 4.55. The van der Waals surface area contributed by atoms with Crippen LogP contribution < -0.4 is 5.32 Å². The molecular formula is C21H18FNO3S2. The summed E-state index contributed by atoms with van der Waals surface area (Å²) < 4.78 is 18.2. The van der Waals surface area contributed by atoms with Crippen molar-refractivity contribution in [3.8, 4) is 10.4 Å². The lowest BCUT2D eigenvalue weighted by molar-refractivity contribution is -0.111. The van der Waals surface area contributed by atoms with Crippen molar-refractivity contribution < 1.29 is 18.7 Å². The van der Waals surface area contributed by atoms with Crippen LogP contribution >= 0.6 is 22.7 Å². The molecule has 7 heteroatoms. The van der Waals surface area contributed by atoms with Crippen LogP contribution in [0.4, 0.5) is 9.39 Å². The second-order valence-corrected chi connectivity index (χ2v) is 7.98. The molecule has 1 aromatic carbocycles. The smallest absolute Gasteiger partial charge is 0.341 e. The SMILES string of the molecule is CCOC(=O)c1c(NC(=O)/C=C/c2ccc(F)cc2)sc(C)c1-c1cccs1. The van der Waals surface area contributed by atoms with Gasteiger partial charge in [-0.05, 0) is 49.1 Å². The molecule has 0 fully saturated rings. The highest BCUT2D eigenvalue weighted by atomic mass is 32.1. The van der Waals surface area contributed by atoms with Crippen molar-refractivity contribution in [1.82, 2.24) is 0 Å². The average molecular weight is 416 g/mol. The molecule has 0 unspecified atom stereocenters. The Morgan fingerprint density at radius 1 is 1.21 bits per heavy atom. The number of carbonyl (C=O) groups is 2. The second-order valence-electron chi connectivity index (χ2n) is 5.81. The molecule has 0 aliphatic heterocycles. The molecule has 1 amide bonds. The van der Waals surface area contributed by atoms with Crippen molar-refractivity contribution >= 4 is 45.6 Å². The number of hydrogen-bond acceptors (Lipinski definition) is 5. The van der Waals surface area contributed by atoms with Crippen LogP contribution in [0.1, 0.15) is 27.7 Å². The predicted octanol–water partition coefficient (Wildman–Crippen LogP) is 5.75. The summed E-state index contributed by atoms with van der Waals surface area (Å²) in [6.45, 7) is 3.90. The van der Waals surface area contributed by atoms with Gasteiger partial charge in [0.25, 0.3) is 0 Å².